The van der Waals surface area contributed by atoms with Crippen molar-refractivity contribution >= 4 is 18.6 Å². The molecule has 1 aliphatic heterocycles. The number of aliphatic hydroxyl groups is 1. The van der Waals surface area contributed by atoms with Crippen molar-refractivity contribution in [2.75, 3.05) is 13.7 Å². The monoisotopic (exact) mass is 348 g/mol. The lowest BCUT2D eigenvalue weighted by atomic mass is 9.78. The van der Waals surface area contributed by atoms with Gasteiger partial charge in [0.2, 0.25) is 5.76 Å². The van der Waals surface area contributed by atoms with Crippen molar-refractivity contribution in [2.45, 2.75) is 45.8 Å². The summed E-state index contributed by atoms with van der Waals surface area (Å²) >= 11 is 0. The summed E-state index contributed by atoms with van der Waals surface area (Å²) < 4.78 is 22.4. The summed E-state index contributed by atoms with van der Waals surface area (Å²) in [5, 5.41) is 9.07. The number of aliphatic hydroxyl groups excluding tert-OH is 1. The molecule has 1 N–H and O–H groups in total. The molecule has 0 aromatic heterocycles. The molecule has 1 fully saturated rings. The van der Waals surface area contributed by atoms with E-state index in [9.17, 15) is 4.79 Å². The summed E-state index contributed by atoms with van der Waals surface area (Å²) in [5.41, 5.74) is 0.718. The number of rotatable bonds is 5. The molecule has 6 nitrogen and oxygen atoms in total. The third kappa shape index (κ3) is 4.06. The van der Waals surface area contributed by atoms with Gasteiger partial charge in [0.15, 0.2) is 0 Å². The van der Waals surface area contributed by atoms with Gasteiger partial charge < -0.3 is 23.9 Å². The van der Waals surface area contributed by atoms with E-state index in [2.05, 4.69) is 4.74 Å². The molecule has 0 bridgehead atoms. The number of carbonyl (C=O) groups excluding carboxylic acids is 1. The van der Waals surface area contributed by atoms with E-state index in [-0.39, 0.29) is 12.4 Å². The number of hydrogen-bond donors (Lipinski definition) is 1. The molecule has 1 aromatic rings. The molecule has 0 amide bonds. The Labute approximate surface area is 148 Å². The summed E-state index contributed by atoms with van der Waals surface area (Å²) in [6.07, 6.45) is 1.26. The Morgan fingerprint density at radius 1 is 1.24 bits per heavy atom. The second-order valence-corrected chi connectivity index (χ2v) is 6.96. The highest BCUT2D eigenvalue weighted by atomic mass is 16.7. The minimum atomic E-state index is -0.658. The van der Waals surface area contributed by atoms with Gasteiger partial charge in [-0.05, 0) is 57.8 Å². The molecule has 0 aliphatic carbocycles. The predicted molar refractivity (Wildman–Crippen MR) is 94.7 cm³/mol. The molecule has 1 saturated heterocycles. The summed E-state index contributed by atoms with van der Waals surface area (Å²) in [6.45, 7) is 9.46. The van der Waals surface area contributed by atoms with Gasteiger partial charge in [-0.1, -0.05) is 12.1 Å². The number of ether oxygens (including phenoxy) is 2. The minimum Gasteiger partial charge on any atom is -0.463 e. The van der Waals surface area contributed by atoms with E-state index < -0.39 is 24.3 Å². The van der Waals surface area contributed by atoms with Crippen molar-refractivity contribution in [3.63, 3.8) is 0 Å². The van der Waals surface area contributed by atoms with E-state index in [1.165, 1.54) is 13.2 Å². The first-order valence-electron chi connectivity index (χ1n) is 8.14. The second-order valence-electron chi connectivity index (χ2n) is 6.96. The fourth-order valence-electron chi connectivity index (χ4n) is 2.32. The van der Waals surface area contributed by atoms with Crippen LogP contribution in [0.1, 0.15) is 33.3 Å². The largest absolute Gasteiger partial charge is 0.494 e. The maximum absolute atomic E-state index is 11.8. The van der Waals surface area contributed by atoms with Crippen LogP contribution >= 0.6 is 0 Å². The average molecular weight is 348 g/mol. The van der Waals surface area contributed by atoms with Crippen LogP contribution in [0.4, 0.5) is 0 Å². The molecule has 1 heterocycles. The molecule has 1 aliphatic rings. The summed E-state index contributed by atoms with van der Waals surface area (Å²) in [4.78, 5) is 11.8. The van der Waals surface area contributed by atoms with Crippen LogP contribution < -0.4 is 10.2 Å². The Balaban J connectivity index is 2.30. The van der Waals surface area contributed by atoms with Crippen molar-refractivity contribution in [3.8, 4) is 5.75 Å². The Morgan fingerprint density at radius 2 is 1.84 bits per heavy atom. The standard InChI is InChI=1S/C18H25BO6/c1-12-7-8-13(19-24-17(2,3)18(4,5)25-19)11-15(12)23-14(9-10-20)16(21)22-6/h7-9,11,20H,10H2,1-6H3/b14-9-. The number of aryl methyl sites for hydroxylation is 1. The highest BCUT2D eigenvalue weighted by Crippen LogP contribution is 2.36. The molecule has 7 heteroatoms. The van der Waals surface area contributed by atoms with E-state index in [1.54, 1.807) is 6.07 Å². The first-order chi connectivity index (χ1) is 11.6. The maximum atomic E-state index is 11.8. The highest BCUT2D eigenvalue weighted by Gasteiger charge is 2.51. The second kappa shape index (κ2) is 7.19. The zero-order valence-electron chi connectivity index (χ0n) is 15.6. The van der Waals surface area contributed by atoms with Gasteiger partial charge in [-0.2, -0.15) is 0 Å². The van der Waals surface area contributed by atoms with E-state index in [1.807, 2.05) is 46.8 Å². The molecule has 0 unspecified atom stereocenters. The fourth-order valence-corrected chi connectivity index (χ4v) is 2.32. The van der Waals surface area contributed by atoms with Crippen LogP contribution in [0.5, 0.6) is 5.75 Å². The minimum absolute atomic E-state index is 0.0702. The van der Waals surface area contributed by atoms with Crippen LogP contribution in [0, 0.1) is 6.92 Å². The Kier molecular flexibility index (Phi) is 5.61. The maximum Gasteiger partial charge on any atom is 0.494 e. The smallest absolute Gasteiger partial charge is 0.463 e. The molecule has 1 aromatic carbocycles. The first-order valence-corrected chi connectivity index (χ1v) is 8.14. The van der Waals surface area contributed by atoms with Crippen molar-refractivity contribution < 1.29 is 28.7 Å². The normalized spacial score (nSPS) is 19.0. The molecular weight excluding hydrogens is 323 g/mol. The lowest BCUT2D eigenvalue weighted by Gasteiger charge is -2.32. The molecule has 0 atom stereocenters. The van der Waals surface area contributed by atoms with Crippen LogP contribution in [0.25, 0.3) is 0 Å². The number of methoxy groups -OCH3 is 1. The number of benzene rings is 1. The van der Waals surface area contributed by atoms with Gasteiger partial charge in [-0.15, -0.1) is 0 Å². The summed E-state index contributed by atoms with van der Waals surface area (Å²) in [5.74, 6) is -0.258. The Hall–Kier alpha value is -1.83. The fraction of sp³-hybridized carbons (Fsp3) is 0.500. The van der Waals surface area contributed by atoms with E-state index in [0.29, 0.717) is 5.75 Å². The van der Waals surface area contributed by atoms with Gasteiger partial charge in [0, 0.05) is 0 Å². The number of hydrogen-bond acceptors (Lipinski definition) is 6. The van der Waals surface area contributed by atoms with Crippen molar-refractivity contribution in [3.05, 3.63) is 35.6 Å². The van der Waals surface area contributed by atoms with Gasteiger partial charge in [-0.3, -0.25) is 0 Å². The summed E-state index contributed by atoms with van der Waals surface area (Å²) in [6, 6.07) is 5.53. The number of carbonyl (C=O) groups is 1. The van der Waals surface area contributed by atoms with E-state index in [0.717, 1.165) is 11.0 Å². The first kappa shape index (κ1) is 19.5. The van der Waals surface area contributed by atoms with E-state index >= 15 is 0 Å². The quantitative estimate of drug-likeness (QED) is 0.378. The molecule has 2 rings (SSSR count). The van der Waals surface area contributed by atoms with E-state index in [4.69, 9.17) is 19.2 Å². The Bertz CT molecular complexity index is 664. The van der Waals surface area contributed by atoms with Gasteiger partial charge in [0.25, 0.3) is 0 Å². The Morgan fingerprint density at radius 3 is 2.36 bits per heavy atom. The van der Waals surface area contributed by atoms with Gasteiger partial charge in [0.1, 0.15) is 5.75 Å². The molecular formula is C18H25BO6. The SMILES string of the molecule is COC(=O)/C(=C/CO)Oc1cc(B2OC(C)(C)C(C)(C)O2)ccc1C. The van der Waals surface area contributed by atoms with Crippen LogP contribution in [0.2, 0.25) is 0 Å². The van der Waals surface area contributed by atoms with Crippen LogP contribution in [-0.4, -0.2) is 43.1 Å². The highest BCUT2D eigenvalue weighted by molar-refractivity contribution is 6.62. The van der Waals surface area contributed by atoms with Crippen molar-refractivity contribution in [1.29, 1.82) is 0 Å². The van der Waals surface area contributed by atoms with Crippen molar-refractivity contribution in [2.24, 2.45) is 0 Å². The zero-order valence-corrected chi connectivity index (χ0v) is 15.6. The average Bonchev–Trinajstić information content (AvgIpc) is 2.76. The third-order valence-electron chi connectivity index (χ3n) is 4.62. The van der Waals surface area contributed by atoms with Gasteiger partial charge in [0.05, 0.1) is 24.9 Å². The number of esters is 1. The van der Waals surface area contributed by atoms with Gasteiger partial charge >= 0.3 is 13.1 Å². The zero-order chi connectivity index (χ0) is 18.8. The van der Waals surface area contributed by atoms with Crippen molar-refractivity contribution in [1.82, 2.24) is 0 Å². The van der Waals surface area contributed by atoms with Crippen LogP contribution in [0.15, 0.2) is 30.0 Å². The van der Waals surface area contributed by atoms with Gasteiger partial charge in [-0.25, -0.2) is 4.79 Å². The predicted octanol–water partition coefficient (Wildman–Crippen LogP) is 1.72. The lowest BCUT2D eigenvalue weighted by Crippen LogP contribution is -2.41. The topological polar surface area (TPSA) is 74.2 Å². The third-order valence-corrected chi connectivity index (χ3v) is 4.62. The molecule has 136 valence electrons. The lowest BCUT2D eigenvalue weighted by molar-refractivity contribution is -0.138. The van der Waals surface area contributed by atoms with Crippen LogP contribution in [0.3, 0.4) is 0 Å². The summed E-state index contributed by atoms with van der Waals surface area (Å²) in [7, 11) is 0.723. The molecule has 25 heavy (non-hydrogen) atoms. The van der Waals surface area contributed by atoms with Crippen LogP contribution in [-0.2, 0) is 18.8 Å². The molecule has 0 radical (unpaired) electrons. The molecule has 0 spiro atoms. The molecule has 0 saturated carbocycles.